The van der Waals surface area contributed by atoms with Crippen molar-refractivity contribution in [3.8, 4) is 0 Å². The average Bonchev–Trinajstić information content (AvgIpc) is 2.37. The lowest BCUT2D eigenvalue weighted by Gasteiger charge is -2.33. The summed E-state index contributed by atoms with van der Waals surface area (Å²) >= 11 is 6.27. The van der Waals surface area contributed by atoms with E-state index in [9.17, 15) is 0 Å². The monoisotopic (exact) mass is 268 g/mol. The van der Waals surface area contributed by atoms with Crippen LogP contribution in [-0.2, 0) is 11.2 Å². The van der Waals surface area contributed by atoms with Gasteiger partial charge in [-0.05, 0) is 43.7 Å². The lowest BCUT2D eigenvalue weighted by atomic mass is 9.99. The number of likely N-dealkylation sites (N-methyl/N-ethyl adjacent to an activating group) is 1. The maximum atomic E-state index is 6.27. The Morgan fingerprint density at radius 3 is 2.94 bits per heavy atom. The highest BCUT2D eigenvalue weighted by molar-refractivity contribution is 6.31. The highest BCUT2D eigenvalue weighted by Crippen LogP contribution is 2.26. The Hall–Kier alpha value is -0.770. The van der Waals surface area contributed by atoms with Crippen LogP contribution in [0.15, 0.2) is 12.1 Å². The first-order chi connectivity index (χ1) is 8.61. The molecule has 1 saturated heterocycles. The minimum absolute atomic E-state index is 0.445. The third kappa shape index (κ3) is 2.97. The molecule has 0 bridgehead atoms. The van der Waals surface area contributed by atoms with E-state index in [0.29, 0.717) is 6.04 Å². The molecule has 18 heavy (non-hydrogen) atoms. The van der Waals surface area contributed by atoms with Crippen LogP contribution < -0.4 is 5.32 Å². The smallest absolute Gasteiger partial charge is 0.0625 e. The fourth-order valence-corrected chi connectivity index (χ4v) is 2.54. The maximum absolute atomic E-state index is 6.27. The number of halogens is 1. The zero-order valence-electron chi connectivity index (χ0n) is 11.3. The second kappa shape index (κ2) is 5.91. The Morgan fingerprint density at radius 1 is 1.50 bits per heavy atom. The van der Waals surface area contributed by atoms with E-state index in [4.69, 9.17) is 16.3 Å². The summed E-state index contributed by atoms with van der Waals surface area (Å²) in [4.78, 5) is 2.36. The van der Waals surface area contributed by atoms with Crippen molar-refractivity contribution in [1.82, 2.24) is 4.90 Å². The Kier molecular flexibility index (Phi) is 4.49. The van der Waals surface area contributed by atoms with Crippen LogP contribution in [0.2, 0.25) is 5.02 Å². The van der Waals surface area contributed by atoms with Crippen LogP contribution in [0.25, 0.3) is 0 Å². The van der Waals surface area contributed by atoms with Gasteiger partial charge in [0.2, 0.25) is 0 Å². The third-order valence-corrected chi connectivity index (χ3v) is 4.11. The summed E-state index contributed by atoms with van der Waals surface area (Å²) in [5.41, 5.74) is 3.55. The number of morpholine rings is 1. The summed E-state index contributed by atoms with van der Waals surface area (Å²) in [6.07, 6.45) is 0.984. The second-order valence-corrected chi connectivity index (χ2v) is 5.31. The first-order valence-electron chi connectivity index (χ1n) is 6.36. The largest absolute Gasteiger partial charge is 0.388 e. The Morgan fingerprint density at radius 2 is 2.28 bits per heavy atom. The molecule has 0 aliphatic carbocycles. The van der Waals surface area contributed by atoms with Crippen LogP contribution in [-0.4, -0.2) is 44.8 Å². The number of nitrogens with zero attached hydrogens (tertiary/aromatic N) is 1. The molecule has 1 aliphatic heterocycles. The van der Waals surface area contributed by atoms with Crippen LogP contribution in [0.5, 0.6) is 0 Å². The fourth-order valence-electron chi connectivity index (χ4n) is 2.30. The first-order valence-corrected chi connectivity index (χ1v) is 6.74. The normalized spacial score (nSPS) is 21.0. The molecule has 1 aromatic rings. The van der Waals surface area contributed by atoms with Gasteiger partial charge in [-0.3, -0.25) is 4.90 Å². The molecule has 1 fully saturated rings. The number of rotatable bonds is 3. The van der Waals surface area contributed by atoms with Crippen LogP contribution in [0, 0.1) is 6.92 Å². The van der Waals surface area contributed by atoms with E-state index in [0.717, 1.165) is 36.9 Å². The molecule has 0 saturated carbocycles. The molecule has 0 amide bonds. The van der Waals surface area contributed by atoms with Gasteiger partial charge < -0.3 is 10.1 Å². The molecule has 1 aliphatic rings. The van der Waals surface area contributed by atoms with E-state index in [1.165, 1.54) is 11.1 Å². The lowest BCUT2D eigenvalue weighted by molar-refractivity contribution is 0.00620. The van der Waals surface area contributed by atoms with Crippen molar-refractivity contribution in [3.05, 3.63) is 28.3 Å². The summed E-state index contributed by atoms with van der Waals surface area (Å²) in [6.45, 7) is 4.73. The zero-order chi connectivity index (χ0) is 13.1. The van der Waals surface area contributed by atoms with Gasteiger partial charge in [0.15, 0.2) is 0 Å². The van der Waals surface area contributed by atoms with E-state index in [-0.39, 0.29) is 0 Å². The van der Waals surface area contributed by atoms with Gasteiger partial charge in [0, 0.05) is 30.3 Å². The number of nitrogens with one attached hydrogen (secondary N) is 1. The van der Waals surface area contributed by atoms with Gasteiger partial charge in [0.25, 0.3) is 0 Å². The third-order valence-electron chi connectivity index (χ3n) is 3.72. The SMILES string of the molecule is CNc1cc(Cl)c(C)c(CC2COCCN2C)c1. The second-order valence-electron chi connectivity index (χ2n) is 4.91. The average molecular weight is 269 g/mol. The molecule has 2 rings (SSSR count). The van der Waals surface area contributed by atoms with Crippen LogP contribution in [0.4, 0.5) is 5.69 Å². The van der Waals surface area contributed by atoms with Gasteiger partial charge in [-0.15, -0.1) is 0 Å². The molecule has 0 aromatic heterocycles. The van der Waals surface area contributed by atoms with Crippen molar-refractivity contribution < 1.29 is 4.74 Å². The van der Waals surface area contributed by atoms with Gasteiger partial charge in [-0.2, -0.15) is 0 Å². The fraction of sp³-hybridized carbons (Fsp3) is 0.571. The molecule has 100 valence electrons. The maximum Gasteiger partial charge on any atom is 0.0625 e. The lowest BCUT2D eigenvalue weighted by Crippen LogP contribution is -2.44. The van der Waals surface area contributed by atoms with E-state index in [1.54, 1.807) is 0 Å². The molecule has 1 heterocycles. The van der Waals surface area contributed by atoms with Gasteiger partial charge in [-0.25, -0.2) is 0 Å². The topological polar surface area (TPSA) is 24.5 Å². The van der Waals surface area contributed by atoms with Crippen molar-refractivity contribution in [1.29, 1.82) is 0 Å². The van der Waals surface area contributed by atoms with Crippen LogP contribution >= 0.6 is 11.6 Å². The Balaban J connectivity index is 2.19. The van der Waals surface area contributed by atoms with Crippen LogP contribution in [0.1, 0.15) is 11.1 Å². The highest BCUT2D eigenvalue weighted by Gasteiger charge is 2.21. The molecule has 4 heteroatoms. The van der Waals surface area contributed by atoms with Crippen molar-refractivity contribution in [3.63, 3.8) is 0 Å². The van der Waals surface area contributed by atoms with E-state index in [1.807, 2.05) is 13.1 Å². The molecule has 1 N–H and O–H groups in total. The van der Waals surface area contributed by atoms with Gasteiger partial charge in [0.05, 0.1) is 13.2 Å². The predicted molar refractivity (Wildman–Crippen MR) is 76.7 cm³/mol. The number of hydrogen-bond acceptors (Lipinski definition) is 3. The van der Waals surface area contributed by atoms with E-state index in [2.05, 4.69) is 30.3 Å². The van der Waals surface area contributed by atoms with E-state index < -0.39 is 0 Å². The Labute approximate surface area is 114 Å². The quantitative estimate of drug-likeness (QED) is 0.912. The van der Waals surface area contributed by atoms with Gasteiger partial charge in [-0.1, -0.05) is 11.6 Å². The van der Waals surface area contributed by atoms with Crippen molar-refractivity contribution in [2.24, 2.45) is 0 Å². The molecular formula is C14H21ClN2O. The minimum atomic E-state index is 0.445. The number of benzene rings is 1. The minimum Gasteiger partial charge on any atom is -0.388 e. The summed E-state index contributed by atoms with van der Waals surface area (Å²) in [7, 11) is 4.08. The number of ether oxygens (including phenoxy) is 1. The van der Waals surface area contributed by atoms with E-state index >= 15 is 0 Å². The van der Waals surface area contributed by atoms with Gasteiger partial charge in [0.1, 0.15) is 0 Å². The molecule has 1 aromatic carbocycles. The van der Waals surface area contributed by atoms with Crippen molar-refractivity contribution in [2.45, 2.75) is 19.4 Å². The summed E-state index contributed by atoms with van der Waals surface area (Å²) in [5, 5.41) is 3.98. The summed E-state index contributed by atoms with van der Waals surface area (Å²) < 4.78 is 5.56. The molecule has 1 atom stereocenters. The standard InChI is InChI=1S/C14H21ClN2O/c1-10-11(6-12(16-2)8-14(10)15)7-13-9-18-5-4-17(13)3/h6,8,13,16H,4-5,7,9H2,1-3H3. The van der Waals surface area contributed by atoms with Crippen molar-refractivity contribution >= 4 is 17.3 Å². The van der Waals surface area contributed by atoms with Crippen molar-refractivity contribution in [2.75, 3.05) is 39.2 Å². The molecule has 1 unspecified atom stereocenters. The van der Waals surface area contributed by atoms with Gasteiger partial charge >= 0.3 is 0 Å². The zero-order valence-corrected chi connectivity index (χ0v) is 12.0. The number of anilines is 1. The molecular weight excluding hydrogens is 248 g/mol. The Bertz CT molecular complexity index is 423. The molecule has 0 radical (unpaired) electrons. The first kappa shape index (κ1) is 13.7. The summed E-state index contributed by atoms with van der Waals surface area (Å²) in [6, 6.07) is 4.60. The summed E-state index contributed by atoms with van der Waals surface area (Å²) in [5.74, 6) is 0. The highest BCUT2D eigenvalue weighted by atomic mass is 35.5. The number of hydrogen-bond donors (Lipinski definition) is 1. The van der Waals surface area contributed by atoms with Crippen LogP contribution in [0.3, 0.4) is 0 Å². The predicted octanol–water partition coefficient (Wildman–Crippen LogP) is 2.56. The molecule has 0 spiro atoms. The molecule has 3 nitrogen and oxygen atoms in total.